The van der Waals surface area contributed by atoms with Crippen molar-refractivity contribution in [3.63, 3.8) is 0 Å². The molecule has 0 atom stereocenters. The van der Waals surface area contributed by atoms with Crippen LogP contribution in [-0.4, -0.2) is 13.3 Å². The van der Waals surface area contributed by atoms with Crippen LogP contribution in [0.1, 0.15) is 0 Å². The molecule has 0 aliphatic rings. The summed E-state index contributed by atoms with van der Waals surface area (Å²) in [5.41, 5.74) is 5.95. The van der Waals surface area contributed by atoms with Crippen LogP contribution in [0.5, 0.6) is 5.75 Å². The normalized spacial score (nSPS) is 9.83. The first-order valence-electron chi connectivity index (χ1n) is 3.48. The van der Waals surface area contributed by atoms with Gasteiger partial charge in [-0.05, 0) is 12.1 Å². The summed E-state index contributed by atoms with van der Waals surface area (Å²) >= 11 is 5.69. The fraction of sp³-hybridized carbons (Fsp3) is 0.250. The Morgan fingerprint density at radius 1 is 1.50 bits per heavy atom. The smallest absolute Gasteiger partial charge is 0.123 e. The summed E-state index contributed by atoms with van der Waals surface area (Å²) in [6.45, 7) is -0.470. The number of hydrogen-bond acceptors (Lipinski definition) is 2. The Hall–Kier alpha value is -0.960. The molecule has 1 rings (SSSR count). The first-order valence-corrected chi connectivity index (χ1v) is 3.85. The van der Waals surface area contributed by atoms with Crippen molar-refractivity contribution < 1.29 is 9.13 Å². The molecule has 0 aromatic heterocycles. The van der Waals surface area contributed by atoms with Gasteiger partial charge in [-0.1, -0.05) is 11.6 Å². The molecule has 12 heavy (non-hydrogen) atoms. The summed E-state index contributed by atoms with van der Waals surface area (Å²) < 4.78 is 16.7. The minimum atomic E-state index is -0.512. The molecule has 0 saturated heterocycles. The zero-order chi connectivity index (χ0) is 8.97. The van der Waals surface area contributed by atoms with Crippen molar-refractivity contribution in [2.75, 3.05) is 19.0 Å². The molecule has 0 unspecified atom stereocenters. The van der Waals surface area contributed by atoms with E-state index in [9.17, 15) is 4.39 Å². The number of rotatable bonds is 3. The molecule has 66 valence electrons. The Kier molecular flexibility index (Phi) is 3.17. The van der Waals surface area contributed by atoms with Crippen molar-refractivity contribution in [2.24, 2.45) is 0 Å². The fourth-order valence-electron chi connectivity index (χ4n) is 0.754. The number of nitrogen functional groups attached to an aromatic ring is 1. The maximum atomic E-state index is 11.7. The van der Waals surface area contributed by atoms with Gasteiger partial charge in [-0.25, -0.2) is 4.39 Å². The van der Waals surface area contributed by atoms with Gasteiger partial charge in [0.05, 0.1) is 10.7 Å². The largest absolute Gasteiger partial charge is 0.491 e. The average Bonchev–Trinajstić information content (AvgIpc) is 2.07. The lowest BCUT2D eigenvalue weighted by Crippen LogP contribution is -1.98. The number of benzene rings is 1. The molecule has 0 aliphatic heterocycles. The van der Waals surface area contributed by atoms with Crippen LogP contribution in [0.25, 0.3) is 0 Å². The monoisotopic (exact) mass is 189 g/mol. The number of nitrogens with two attached hydrogens (primary N) is 1. The SMILES string of the molecule is Nc1ccc(OCCF)cc1Cl. The highest BCUT2D eigenvalue weighted by Crippen LogP contribution is 2.23. The number of hydrogen-bond donors (Lipinski definition) is 1. The zero-order valence-electron chi connectivity index (χ0n) is 6.39. The highest BCUT2D eigenvalue weighted by atomic mass is 35.5. The highest BCUT2D eigenvalue weighted by molar-refractivity contribution is 6.33. The van der Waals surface area contributed by atoms with E-state index >= 15 is 0 Å². The Morgan fingerprint density at radius 2 is 2.25 bits per heavy atom. The maximum absolute atomic E-state index is 11.7. The standard InChI is InChI=1S/C8H9ClFNO/c9-7-5-6(12-4-3-10)1-2-8(7)11/h1-2,5H,3-4,11H2. The van der Waals surface area contributed by atoms with Crippen LogP contribution in [-0.2, 0) is 0 Å². The van der Waals surface area contributed by atoms with Crippen LogP contribution in [0.2, 0.25) is 5.02 Å². The Labute approximate surface area is 75.1 Å². The molecule has 0 amide bonds. The quantitative estimate of drug-likeness (QED) is 0.741. The van der Waals surface area contributed by atoms with Gasteiger partial charge in [0.2, 0.25) is 0 Å². The molecule has 0 bridgehead atoms. The molecule has 0 fully saturated rings. The zero-order valence-corrected chi connectivity index (χ0v) is 7.14. The molecular formula is C8H9ClFNO. The van der Waals surface area contributed by atoms with Crippen molar-refractivity contribution in [3.05, 3.63) is 23.2 Å². The lowest BCUT2D eigenvalue weighted by Gasteiger charge is -2.04. The summed E-state index contributed by atoms with van der Waals surface area (Å²) in [6, 6.07) is 4.83. The number of anilines is 1. The molecular weight excluding hydrogens is 181 g/mol. The van der Waals surface area contributed by atoms with Gasteiger partial charge in [0.25, 0.3) is 0 Å². The molecule has 2 nitrogen and oxygen atoms in total. The molecule has 2 N–H and O–H groups in total. The van der Waals surface area contributed by atoms with E-state index in [4.69, 9.17) is 22.1 Å². The van der Waals surface area contributed by atoms with Crippen molar-refractivity contribution in [1.82, 2.24) is 0 Å². The third-order valence-corrected chi connectivity index (χ3v) is 1.65. The second kappa shape index (κ2) is 4.16. The third-order valence-electron chi connectivity index (χ3n) is 1.32. The van der Waals surface area contributed by atoms with Crippen LogP contribution in [0.4, 0.5) is 10.1 Å². The van der Waals surface area contributed by atoms with Gasteiger partial charge in [0.15, 0.2) is 0 Å². The van der Waals surface area contributed by atoms with Crippen molar-refractivity contribution in [2.45, 2.75) is 0 Å². The molecule has 0 heterocycles. The average molecular weight is 190 g/mol. The van der Waals surface area contributed by atoms with Gasteiger partial charge in [-0.15, -0.1) is 0 Å². The topological polar surface area (TPSA) is 35.2 Å². The van der Waals surface area contributed by atoms with E-state index in [0.717, 1.165) is 0 Å². The second-order valence-electron chi connectivity index (χ2n) is 2.22. The van der Waals surface area contributed by atoms with Crippen LogP contribution < -0.4 is 10.5 Å². The van der Waals surface area contributed by atoms with E-state index in [2.05, 4.69) is 0 Å². The van der Waals surface area contributed by atoms with E-state index in [-0.39, 0.29) is 6.61 Å². The predicted molar refractivity (Wildman–Crippen MR) is 47.3 cm³/mol. The first-order chi connectivity index (χ1) is 5.74. The molecule has 1 aromatic carbocycles. The van der Waals surface area contributed by atoms with Gasteiger partial charge in [0.1, 0.15) is 19.0 Å². The van der Waals surface area contributed by atoms with Crippen molar-refractivity contribution in [3.8, 4) is 5.75 Å². The molecule has 0 radical (unpaired) electrons. The van der Waals surface area contributed by atoms with Crippen molar-refractivity contribution >= 4 is 17.3 Å². The van der Waals surface area contributed by atoms with Crippen LogP contribution in [0.3, 0.4) is 0 Å². The summed E-state index contributed by atoms with van der Waals surface area (Å²) in [4.78, 5) is 0. The lowest BCUT2D eigenvalue weighted by atomic mass is 10.3. The summed E-state index contributed by atoms with van der Waals surface area (Å²) in [5, 5.41) is 0.423. The van der Waals surface area contributed by atoms with Crippen molar-refractivity contribution in [1.29, 1.82) is 0 Å². The third kappa shape index (κ3) is 2.27. The minimum Gasteiger partial charge on any atom is -0.491 e. The highest BCUT2D eigenvalue weighted by Gasteiger charge is 1.98. The summed E-state index contributed by atoms with van der Waals surface area (Å²) in [6.07, 6.45) is 0. The second-order valence-corrected chi connectivity index (χ2v) is 2.63. The minimum absolute atomic E-state index is 0.0419. The van der Waals surface area contributed by atoms with E-state index in [1.165, 1.54) is 0 Å². The van der Waals surface area contributed by atoms with E-state index in [0.29, 0.717) is 16.5 Å². The first kappa shape index (κ1) is 9.13. The molecule has 0 saturated carbocycles. The summed E-state index contributed by atoms with van der Waals surface area (Å²) in [7, 11) is 0. The molecule has 4 heteroatoms. The van der Waals surface area contributed by atoms with Gasteiger partial charge in [-0.2, -0.15) is 0 Å². The van der Waals surface area contributed by atoms with Crippen LogP contribution in [0.15, 0.2) is 18.2 Å². The van der Waals surface area contributed by atoms with E-state index < -0.39 is 6.67 Å². The van der Waals surface area contributed by atoms with Gasteiger partial charge in [0, 0.05) is 6.07 Å². The van der Waals surface area contributed by atoms with Crippen LogP contribution in [0, 0.1) is 0 Å². The molecule has 1 aromatic rings. The number of ether oxygens (including phenoxy) is 1. The van der Waals surface area contributed by atoms with Gasteiger partial charge < -0.3 is 10.5 Å². The van der Waals surface area contributed by atoms with Gasteiger partial charge in [-0.3, -0.25) is 0 Å². The van der Waals surface area contributed by atoms with E-state index in [1.54, 1.807) is 18.2 Å². The fourth-order valence-corrected chi connectivity index (χ4v) is 0.925. The van der Waals surface area contributed by atoms with E-state index in [1.807, 2.05) is 0 Å². The lowest BCUT2D eigenvalue weighted by molar-refractivity contribution is 0.273. The molecule has 0 spiro atoms. The van der Waals surface area contributed by atoms with Gasteiger partial charge >= 0.3 is 0 Å². The summed E-state index contributed by atoms with van der Waals surface area (Å²) in [5.74, 6) is 0.534. The van der Waals surface area contributed by atoms with Crippen LogP contribution >= 0.6 is 11.6 Å². The Morgan fingerprint density at radius 3 is 2.83 bits per heavy atom. The molecule has 0 aliphatic carbocycles. The predicted octanol–water partition coefficient (Wildman–Crippen LogP) is 2.27. The Bertz CT molecular complexity index is 267. The number of alkyl halides is 1. The number of halogens is 2. The maximum Gasteiger partial charge on any atom is 0.123 e. The Balaban J connectivity index is 2.69.